The Morgan fingerprint density at radius 2 is 1.88 bits per heavy atom. The quantitative estimate of drug-likeness (QED) is 0.658. The molecule has 1 saturated heterocycles. The van der Waals surface area contributed by atoms with Gasteiger partial charge in [0.1, 0.15) is 11.6 Å². The predicted octanol–water partition coefficient (Wildman–Crippen LogP) is 3.64. The van der Waals surface area contributed by atoms with Gasteiger partial charge in [-0.3, -0.25) is 0 Å². The lowest BCUT2D eigenvalue weighted by atomic mass is 10.0. The summed E-state index contributed by atoms with van der Waals surface area (Å²) in [5.74, 6) is 0.635. The number of rotatable bonds is 5. The highest BCUT2D eigenvalue weighted by atomic mass is 19.1. The molecule has 1 aromatic rings. The monoisotopic (exact) mass is 338 g/mol. The first-order chi connectivity index (χ1) is 11.5. The molecule has 0 amide bonds. The number of aliphatic carboxylic acids is 1. The number of unbranched alkanes of at least 4 members (excludes halogenated alkanes) is 2. The zero-order valence-corrected chi connectivity index (χ0v) is 13.5. The van der Waals surface area contributed by atoms with Crippen LogP contribution in [-0.2, 0) is 14.3 Å². The molecule has 1 heterocycles. The molecule has 0 unspecified atom stereocenters. The van der Waals surface area contributed by atoms with Crippen LogP contribution in [0.1, 0.15) is 50.0 Å². The number of carbonyl (C=O) groups is 1. The summed E-state index contributed by atoms with van der Waals surface area (Å²) in [5, 5.41) is 8.46. The molecular formula is C18H20F2O4. The Kier molecular flexibility index (Phi) is 6.71. The van der Waals surface area contributed by atoms with Crippen molar-refractivity contribution >= 4 is 5.97 Å². The van der Waals surface area contributed by atoms with E-state index >= 15 is 0 Å². The molecule has 1 aliphatic rings. The number of hydrogen-bond acceptors (Lipinski definition) is 3. The minimum Gasteiger partial charge on any atom is -0.472 e. The maximum atomic E-state index is 14.0. The van der Waals surface area contributed by atoms with Gasteiger partial charge >= 0.3 is 5.97 Å². The molecule has 0 atom stereocenters. The molecule has 24 heavy (non-hydrogen) atoms. The maximum Gasteiger partial charge on any atom is 0.382 e. The van der Waals surface area contributed by atoms with Gasteiger partial charge < -0.3 is 14.6 Å². The third-order valence-electron chi connectivity index (χ3n) is 3.81. The van der Waals surface area contributed by atoms with E-state index in [0.29, 0.717) is 19.1 Å². The van der Waals surface area contributed by atoms with Crippen molar-refractivity contribution in [2.24, 2.45) is 5.92 Å². The molecule has 1 N–H and O–H groups in total. The molecule has 6 heteroatoms. The van der Waals surface area contributed by atoms with Gasteiger partial charge in [-0.1, -0.05) is 26.2 Å². The van der Waals surface area contributed by atoms with Crippen molar-refractivity contribution in [3.8, 4) is 11.8 Å². The highest BCUT2D eigenvalue weighted by molar-refractivity contribution is 5.87. The van der Waals surface area contributed by atoms with Gasteiger partial charge in [0.25, 0.3) is 0 Å². The number of hydrogen-bond donors (Lipinski definition) is 1. The van der Waals surface area contributed by atoms with Crippen molar-refractivity contribution in [3.05, 3.63) is 34.9 Å². The molecule has 1 aliphatic heterocycles. The second-order valence-electron chi connectivity index (χ2n) is 5.78. The van der Waals surface area contributed by atoms with Crippen LogP contribution < -0.4 is 0 Å². The van der Waals surface area contributed by atoms with E-state index in [-0.39, 0.29) is 5.56 Å². The Hall–Kier alpha value is -1.97. The molecule has 1 fully saturated rings. The van der Waals surface area contributed by atoms with E-state index in [1.165, 1.54) is 0 Å². The van der Waals surface area contributed by atoms with Gasteiger partial charge in [0.05, 0.1) is 18.8 Å². The molecule has 0 bridgehead atoms. The standard InChI is InChI=1S/C18H20F2O4/c1-2-3-4-5-12-10-23-18(24-11-12)13-8-15(19)14(16(20)9-13)6-7-17(21)22/h8-9,12,18H,2-5,10-11H2,1H3,(H,21,22). The topological polar surface area (TPSA) is 55.8 Å². The van der Waals surface area contributed by atoms with Crippen LogP contribution in [0.4, 0.5) is 8.78 Å². The number of ether oxygens (including phenoxy) is 2. The summed E-state index contributed by atoms with van der Waals surface area (Å²) >= 11 is 0. The Bertz CT molecular complexity index is 617. The third-order valence-corrected chi connectivity index (χ3v) is 3.81. The zero-order chi connectivity index (χ0) is 17.5. The van der Waals surface area contributed by atoms with Crippen LogP contribution in [-0.4, -0.2) is 24.3 Å². The van der Waals surface area contributed by atoms with Crippen molar-refractivity contribution < 1.29 is 28.2 Å². The number of carboxylic acids is 1. The first-order valence-electron chi connectivity index (χ1n) is 7.98. The van der Waals surface area contributed by atoms with E-state index in [2.05, 4.69) is 6.92 Å². The third kappa shape index (κ3) is 5.02. The van der Waals surface area contributed by atoms with Crippen molar-refractivity contribution in [2.45, 2.75) is 38.9 Å². The van der Waals surface area contributed by atoms with E-state index in [1.54, 1.807) is 5.92 Å². The molecule has 0 aliphatic carbocycles. The minimum absolute atomic E-state index is 0.220. The summed E-state index contributed by atoms with van der Waals surface area (Å²) in [6.45, 7) is 3.11. The molecule has 2 rings (SSSR count). The molecule has 0 aromatic heterocycles. The van der Waals surface area contributed by atoms with Crippen LogP contribution in [0.25, 0.3) is 0 Å². The molecule has 0 spiro atoms. The zero-order valence-electron chi connectivity index (χ0n) is 13.5. The van der Waals surface area contributed by atoms with Gasteiger partial charge in [0.2, 0.25) is 0 Å². The van der Waals surface area contributed by atoms with E-state index in [4.69, 9.17) is 14.6 Å². The number of carboxylic acid groups (broad SMARTS) is 1. The van der Waals surface area contributed by atoms with Crippen molar-refractivity contribution in [1.29, 1.82) is 0 Å². The number of benzene rings is 1. The summed E-state index contributed by atoms with van der Waals surface area (Å²) in [6, 6.07) is 2.13. The van der Waals surface area contributed by atoms with E-state index < -0.39 is 29.5 Å². The fraction of sp³-hybridized carbons (Fsp3) is 0.500. The Morgan fingerprint density at radius 3 is 2.42 bits per heavy atom. The summed E-state index contributed by atoms with van der Waals surface area (Å²) in [5.41, 5.74) is -0.354. The SMILES string of the molecule is CCCCCC1COC(c2cc(F)c(C#CC(=O)O)c(F)c2)OC1. The normalized spacial score (nSPS) is 20.3. The van der Waals surface area contributed by atoms with Crippen LogP contribution >= 0.6 is 0 Å². The van der Waals surface area contributed by atoms with Gasteiger partial charge in [-0.05, 0) is 24.5 Å². The Balaban J connectivity index is 2.01. The average Bonchev–Trinajstić information content (AvgIpc) is 2.54. The fourth-order valence-electron chi connectivity index (χ4n) is 2.55. The lowest BCUT2D eigenvalue weighted by molar-refractivity contribution is -0.206. The smallest absolute Gasteiger partial charge is 0.382 e. The minimum atomic E-state index is -1.45. The molecule has 0 radical (unpaired) electrons. The van der Waals surface area contributed by atoms with Crippen LogP contribution in [0.5, 0.6) is 0 Å². The van der Waals surface area contributed by atoms with E-state index in [1.807, 2.05) is 5.92 Å². The Labute approximate surface area is 139 Å². The van der Waals surface area contributed by atoms with Gasteiger partial charge in [-0.2, -0.15) is 0 Å². The molecule has 4 nitrogen and oxygen atoms in total. The molecular weight excluding hydrogens is 318 g/mol. The van der Waals surface area contributed by atoms with Crippen molar-refractivity contribution in [3.63, 3.8) is 0 Å². The lowest BCUT2D eigenvalue weighted by Crippen LogP contribution is -2.27. The summed E-state index contributed by atoms with van der Waals surface area (Å²) in [4.78, 5) is 10.4. The highest BCUT2D eigenvalue weighted by Gasteiger charge is 2.25. The molecule has 0 saturated carbocycles. The van der Waals surface area contributed by atoms with E-state index in [0.717, 1.165) is 37.8 Å². The fourth-order valence-corrected chi connectivity index (χ4v) is 2.55. The summed E-state index contributed by atoms with van der Waals surface area (Å²) < 4.78 is 39.0. The second kappa shape index (κ2) is 8.76. The van der Waals surface area contributed by atoms with Gasteiger partial charge in [-0.15, -0.1) is 0 Å². The van der Waals surface area contributed by atoms with Crippen LogP contribution in [0.3, 0.4) is 0 Å². The maximum absolute atomic E-state index is 14.0. The van der Waals surface area contributed by atoms with Crippen LogP contribution in [0, 0.1) is 29.4 Å². The lowest BCUT2D eigenvalue weighted by Gasteiger charge is -2.29. The summed E-state index contributed by atoms with van der Waals surface area (Å²) in [6.07, 6.45) is 3.60. The first kappa shape index (κ1) is 18.4. The van der Waals surface area contributed by atoms with Crippen molar-refractivity contribution in [2.75, 3.05) is 13.2 Å². The summed E-state index contributed by atoms with van der Waals surface area (Å²) in [7, 11) is 0. The Morgan fingerprint density at radius 1 is 1.25 bits per heavy atom. The van der Waals surface area contributed by atoms with Crippen LogP contribution in [0.2, 0.25) is 0 Å². The van der Waals surface area contributed by atoms with Crippen LogP contribution in [0.15, 0.2) is 12.1 Å². The molecule has 130 valence electrons. The highest BCUT2D eigenvalue weighted by Crippen LogP contribution is 2.29. The van der Waals surface area contributed by atoms with Gasteiger partial charge in [0.15, 0.2) is 6.29 Å². The van der Waals surface area contributed by atoms with Gasteiger partial charge in [-0.25, -0.2) is 13.6 Å². The molecule has 1 aromatic carbocycles. The van der Waals surface area contributed by atoms with Gasteiger partial charge in [0, 0.05) is 17.4 Å². The average molecular weight is 338 g/mol. The van der Waals surface area contributed by atoms with E-state index in [9.17, 15) is 13.6 Å². The predicted molar refractivity (Wildman–Crippen MR) is 83.1 cm³/mol. The first-order valence-corrected chi connectivity index (χ1v) is 7.98. The number of halogens is 2. The largest absolute Gasteiger partial charge is 0.472 e. The van der Waals surface area contributed by atoms with Crippen molar-refractivity contribution in [1.82, 2.24) is 0 Å². The second-order valence-corrected chi connectivity index (χ2v) is 5.78.